The third kappa shape index (κ3) is 4.46. The van der Waals surface area contributed by atoms with Gasteiger partial charge >= 0.3 is 0 Å². The van der Waals surface area contributed by atoms with Crippen LogP contribution < -0.4 is 10.1 Å². The molecular weight excluding hydrogens is 488 g/mol. The summed E-state index contributed by atoms with van der Waals surface area (Å²) in [5.74, 6) is -1.89. The topological polar surface area (TPSA) is 102 Å². The van der Waals surface area contributed by atoms with E-state index in [0.717, 1.165) is 18.4 Å². The number of unbranched alkanes of at least 4 members (excludes halogenated alkanes) is 1. The van der Waals surface area contributed by atoms with Crippen LogP contribution in [-0.4, -0.2) is 25.8 Å². The maximum absolute atomic E-state index is 13.9. The molecule has 1 aliphatic heterocycles. The van der Waals surface area contributed by atoms with Gasteiger partial charge in [-0.3, -0.25) is 9.59 Å². The monoisotopic (exact) mass is 516 g/mol. The number of hydrogen-bond donors (Lipinski definition) is 1. The Bertz CT molecular complexity index is 1510. The lowest BCUT2D eigenvalue weighted by Gasteiger charge is -2.38. The molecule has 1 heterocycles. The summed E-state index contributed by atoms with van der Waals surface area (Å²) in [6.07, 6.45) is 2.24. The van der Waals surface area contributed by atoms with Gasteiger partial charge in [-0.05, 0) is 36.6 Å². The number of amidine groups is 1. The minimum Gasteiger partial charge on any atom is -0.489 e. The number of anilines is 1. The molecule has 2 atom stereocenters. The Morgan fingerprint density at radius 2 is 1.73 bits per heavy atom. The van der Waals surface area contributed by atoms with Gasteiger partial charge in [-0.25, -0.2) is 0 Å². The number of ether oxygens (including phenoxy) is 1. The third-order valence-corrected chi connectivity index (χ3v) is 8.45. The van der Waals surface area contributed by atoms with Crippen LogP contribution in [0.25, 0.3) is 0 Å². The Morgan fingerprint density at radius 3 is 2.49 bits per heavy atom. The van der Waals surface area contributed by atoms with E-state index in [1.807, 2.05) is 56.3 Å². The largest absolute Gasteiger partial charge is 0.489 e. The van der Waals surface area contributed by atoms with Crippen LogP contribution in [0.5, 0.6) is 5.75 Å². The first-order valence-corrected chi connectivity index (χ1v) is 13.8. The summed E-state index contributed by atoms with van der Waals surface area (Å²) in [6, 6.07) is 21.2. The van der Waals surface area contributed by atoms with Gasteiger partial charge in [0.15, 0.2) is 11.6 Å². The quantitative estimate of drug-likeness (QED) is 0.427. The van der Waals surface area contributed by atoms with Gasteiger partial charge in [-0.2, -0.15) is 8.42 Å². The molecule has 0 bridgehead atoms. The van der Waals surface area contributed by atoms with Crippen LogP contribution in [0.4, 0.5) is 5.69 Å². The summed E-state index contributed by atoms with van der Waals surface area (Å²) in [4.78, 5) is 27.3. The highest BCUT2D eigenvalue weighted by atomic mass is 32.2. The van der Waals surface area contributed by atoms with Gasteiger partial charge in [0.1, 0.15) is 29.0 Å². The molecule has 1 aliphatic carbocycles. The lowest BCUT2D eigenvalue weighted by Crippen LogP contribution is -2.51. The average Bonchev–Trinajstić information content (AvgIpc) is 2.90. The SMILES string of the molecule is CCCCC1(C)C(=O)C(C2=NS(=O)(=O)c3cc(OCc4ccccc4)ccc3N2)C(=O)c2ccccc21. The normalized spacial score (nSPS) is 21.9. The van der Waals surface area contributed by atoms with Gasteiger partial charge in [0.25, 0.3) is 10.0 Å². The fourth-order valence-corrected chi connectivity index (χ4v) is 6.23. The van der Waals surface area contributed by atoms with Crippen molar-refractivity contribution < 1.29 is 22.7 Å². The maximum Gasteiger partial charge on any atom is 0.286 e. The second-order valence-electron chi connectivity index (χ2n) is 9.65. The second-order valence-corrected chi connectivity index (χ2v) is 11.2. The van der Waals surface area contributed by atoms with Crippen molar-refractivity contribution in [2.24, 2.45) is 10.3 Å². The van der Waals surface area contributed by atoms with Crippen molar-refractivity contribution in [3.8, 4) is 5.75 Å². The Morgan fingerprint density at radius 1 is 1.00 bits per heavy atom. The fourth-order valence-electron chi connectivity index (χ4n) is 5.06. The molecule has 8 heteroatoms. The molecule has 2 unspecified atom stereocenters. The Balaban J connectivity index is 1.48. The first kappa shape index (κ1) is 24.9. The number of nitrogens with zero attached hydrogens (tertiary/aromatic N) is 1. The molecular formula is C29H28N2O5S. The van der Waals surface area contributed by atoms with Crippen molar-refractivity contribution in [1.29, 1.82) is 0 Å². The van der Waals surface area contributed by atoms with Crippen LogP contribution in [0.3, 0.4) is 0 Å². The van der Waals surface area contributed by atoms with E-state index in [0.29, 0.717) is 23.3 Å². The molecule has 0 saturated heterocycles. The van der Waals surface area contributed by atoms with E-state index < -0.39 is 27.1 Å². The molecule has 5 rings (SSSR count). The summed E-state index contributed by atoms with van der Waals surface area (Å²) >= 11 is 0. The van der Waals surface area contributed by atoms with Crippen LogP contribution in [-0.2, 0) is 26.8 Å². The molecule has 0 radical (unpaired) electrons. The Labute approximate surface area is 216 Å². The first-order chi connectivity index (χ1) is 17.7. The number of hydrogen-bond acceptors (Lipinski definition) is 6. The minimum atomic E-state index is -4.18. The van der Waals surface area contributed by atoms with Gasteiger partial charge in [-0.15, -0.1) is 4.40 Å². The molecule has 7 nitrogen and oxygen atoms in total. The molecule has 37 heavy (non-hydrogen) atoms. The van der Waals surface area contributed by atoms with E-state index in [1.54, 1.807) is 24.3 Å². The van der Waals surface area contributed by atoms with Gasteiger partial charge in [-0.1, -0.05) is 74.4 Å². The number of ketones is 2. The molecule has 3 aromatic rings. The molecule has 190 valence electrons. The van der Waals surface area contributed by atoms with E-state index in [1.165, 1.54) is 6.07 Å². The lowest BCUT2D eigenvalue weighted by molar-refractivity contribution is -0.125. The van der Waals surface area contributed by atoms with Crippen LogP contribution in [0.15, 0.2) is 82.1 Å². The molecule has 0 aromatic heterocycles. The third-order valence-electron chi connectivity index (χ3n) is 7.12. The maximum atomic E-state index is 13.9. The Kier molecular flexibility index (Phi) is 6.45. The molecule has 2 aliphatic rings. The second kappa shape index (κ2) is 9.59. The lowest BCUT2D eigenvalue weighted by atomic mass is 9.63. The zero-order chi connectivity index (χ0) is 26.2. The van der Waals surface area contributed by atoms with Crippen molar-refractivity contribution in [3.63, 3.8) is 0 Å². The highest BCUT2D eigenvalue weighted by Gasteiger charge is 2.51. The number of rotatable bonds is 7. The predicted octanol–water partition coefficient (Wildman–Crippen LogP) is 5.31. The zero-order valence-corrected chi connectivity index (χ0v) is 21.5. The highest BCUT2D eigenvalue weighted by molar-refractivity contribution is 7.90. The van der Waals surface area contributed by atoms with Gasteiger partial charge in [0.05, 0.1) is 11.1 Å². The van der Waals surface area contributed by atoms with Crippen LogP contribution in [0, 0.1) is 5.92 Å². The van der Waals surface area contributed by atoms with Crippen LogP contribution in [0.2, 0.25) is 0 Å². The average molecular weight is 517 g/mol. The summed E-state index contributed by atoms with van der Waals surface area (Å²) in [5, 5.41) is 2.98. The number of sulfonamides is 1. The van der Waals surface area contributed by atoms with Crippen molar-refractivity contribution in [2.45, 2.75) is 50.0 Å². The number of benzene rings is 3. The first-order valence-electron chi connectivity index (χ1n) is 12.4. The van der Waals surface area contributed by atoms with Gasteiger partial charge in [0.2, 0.25) is 0 Å². The van der Waals surface area contributed by atoms with E-state index in [-0.39, 0.29) is 28.8 Å². The summed E-state index contributed by atoms with van der Waals surface area (Å²) < 4.78 is 36.2. The molecule has 0 amide bonds. The molecule has 0 fully saturated rings. The van der Waals surface area contributed by atoms with Crippen molar-refractivity contribution >= 4 is 33.1 Å². The molecule has 3 aromatic carbocycles. The molecule has 0 spiro atoms. The number of carbonyl (C=O) groups excluding carboxylic acids is 2. The number of carbonyl (C=O) groups is 2. The van der Waals surface area contributed by atoms with Crippen molar-refractivity contribution in [1.82, 2.24) is 0 Å². The molecule has 1 N–H and O–H groups in total. The van der Waals surface area contributed by atoms with E-state index in [9.17, 15) is 18.0 Å². The van der Waals surface area contributed by atoms with Crippen LogP contribution >= 0.6 is 0 Å². The van der Waals surface area contributed by atoms with E-state index in [2.05, 4.69) is 9.71 Å². The highest BCUT2D eigenvalue weighted by Crippen LogP contribution is 2.42. The minimum absolute atomic E-state index is 0.0633. The molecule has 0 saturated carbocycles. The summed E-state index contributed by atoms with van der Waals surface area (Å²) in [7, 11) is -4.18. The standard InChI is InChI=1S/C29H28N2O5S/c1-3-4-16-29(2)22-13-9-8-12-21(22)26(32)25(27(29)33)28-30-23-15-14-20(17-24(23)37(34,35)31-28)36-18-19-10-6-5-7-11-19/h5-15,17,25H,3-4,16,18H2,1-2H3,(H,30,31). The smallest absolute Gasteiger partial charge is 0.286 e. The number of nitrogens with one attached hydrogen (secondary N) is 1. The van der Waals surface area contributed by atoms with Gasteiger partial charge < -0.3 is 10.1 Å². The van der Waals surface area contributed by atoms with E-state index in [4.69, 9.17) is 4.74 Å². The van der Waals surface area contributed by atoms with Crippen molar-refractivity contribution in [3.05, 3.63) is 89.5 Å². The summed E-state index contributed by atoms with van der Waals surface area (Å²) in [5.41, 5.74) is 1.40. The number of fused-ring (bicyclic) bond motifs is 2. The van der Waals surface area contributed by atoms with Gasteiger partial charge in [0, 0.05) is 11.6 Å². The Hall–Kier alpha value is -3.78. The van der Waals surface area contributed by atoms with Crippen molar-refractivity contribution in [2.75, 3.05) is 5.32 Å². The fraction of sp³-hybridized carbons (Fsp3) is 0.276. The predicted molar refractivity (Wildman–Crippen MR) is 142 cm³/mol. The van der Waals surface area contributed by atoms with E-state index >= 15 is 0 Å². The zero-order valence-electron chi connectivity index (χ0n) is 20.7. The van der Waals surface area contributed by atoms with Crippen LogP contribution in [0.1, 0.15) is 54.6 Å². The summed E-state index contributed by atoms with van der Waals surface area (Å²) in [6.45, 7) is 4.16. The number of Topliss-reactive ketones (excluding diaryl/α,β-unsaturated/α-hetero) is 2.